The van der Waals surface area contributed by atoms with Crippen LogP contribution in [0.1, 0.15) is 49.5 Å². The lowest BCUT2D eigenvalue weighted by Crippen LogP contribution is -2.37. The van der Waals surface area contributed by atoms with Gasteiger partial charge in [0.15, 0.2) is 11.1 Å². The smallest absolute Gasteiger partial charge is 0.191 e. The van der Waals surface area contributed by atoms with Crippen LogP contribution in [0.4, 0.5) is 4.39 Å². The molecule has 9 heteroatoms. The maximum atomic E-state index is 13.0. The zero-order chi connectivity index (χ0) is 19.8. The Balaban J connectivity index is 0.00000300. The highest BCUT2D eigenvalue weighted by atomic mass is 127. The fourth-order valence-corrected chi connectivity index (χ4v) is 4.18. The van der Waals surface area contributed by atoms with Crippen LogP contribution in [-0.4, -0.2) is 40.6 Å². The zero-order valence-electron chi connectivity index (χ0n) is 17.0. The van der Waals surface area contributed by atoms with Gasteiger partial charge in [-0.25, -0.2) is 4.39 Å². The largest absolute Gasteiger partial charge is 0.356 e. The van der Waals surface area contributed by atoms with Crippen molar-refractivity contribution in [2.24, 2.45) is 4.99 Å². The van der Waals surface area contributed by atoms with Crippen LogP contribution in [0.25, 0.3) is 0 Å². The lowest BCUT2D eigenvalue weighted by molar-refractivity contribution is 0.460. The van der Waals surface area contributed by atoms with Crippen molar-refractivity contribution in [1.82, 2.24) is 25.4 Å². The molecular weight excluding hydrogens is 502 g/mol. The second-order valence-electron chi connectivity index (χ2n) is 6.99. The number of hydrogen-bond donors (Lipinski definition) is 2. The van der Waals surface area contributed by atoms with E-state index >= 15 is 0 Å². The summed E-state index contributed by atoms with van der Waals surface area (Å²) < 4.78 is 15.3. The third-order valence-corrected chi connectivity index (χ3v) is 5.72. The monoisotopic (exact) mass is 532 g/mol. The SMILES string of the molecule is CN=C(NCCCc1nnc(SC)n1C1CCCC1)NCc1ccc(F)cc1.I. The van der Waals surface area contributed by atoms with E-state index in [2.05, 4.69) is 36.6 Å². The number of nitrogens with one attached hydrogen (secondary N) is 2. The molecule has 1 heterocycles. The Hall–Kier alpha value is -1.36. The first-order valence-corrected chi connectivity index (χ1v) is 11.1. The van der Waals surface area contributed by atoms with Crippen molar-refractivity contribution < 1.29 is 4.39 Å². The van der Waals surface area contributed by atoms with Gasteiger partial charge < -0.3 is 15.2 Å². The lowest BCUT2D eigenvalue weighted by atomic mass is 10.2. The summed E-state index contributed by atoms with van der Waals surface area (Å²) in [6.45, 7) is 1.41. The van der Waals surface area contributed by atoms with Gasteiger partial charge in [0.25, 0.3) is 0 Å². The van der Waals surface area contributed by atoms with E-state index in [4.69, 9.17) is 0 Å². The minimum absolute atomic E-state index is 0. The normalized spacial score (nSPS) is 14.7. The molecule has 0 spiro atoms. The summed E-state index contributed by atoms with van der Waals surface area (Å²) in [5.74, 6) is 1.61. The van der Waals surface area contributed by atoms with E-state index in [0.29, 0.717) is 12.6 Å². The number of rotatable bonds is 8. The topological polar surface area (TPSA) is 67.1 Å². The Kier molecular flexibility index (Phi) is 10.2. The molecule has 0 atom stereocenters. The van der Waals surface area contributed by atoms with Crippen LogP contribution in [0, 0.1) is 5.82 Å². The predicted octanol–water partition coefficient (Wildman–Crippen LogP) is 4.17. The number of aromatic nitrogens is 3. The van der Waals surface area contributed by atoms with Gasteiger partial charge in [-0.1, -0.05) is 36.7 Å². The summed E-state index contributed by atoms with van der Waals surface area (Å²) in [7, 11) is 1.75. The molecule has 2 aromatic rings. The van der Waals surface area contributed by atoms with Gasteiger partial charge in [-0.15, -0.1) is 34.2 Å². The quantitative estimate of drug-likeness (QED) is 0.176. The molecular formula is C20H30FIN6S. The molecule has 0 unspecified atom stereocenters. The first-order valence-electron chi connectivity index (χ1n) is 9.88. The average Bonchev–Trinajstić information content (AvgIpc) is 3.37. The number of guanidine groups is 1. The van der Waals surface area contributed by atoms with E-state index < -0.39 is 0 Å². The molecule has 0 amide bonds. The molecule has 29 heavy (non-hydrogen) atoms. The molecule has 6 nitrogen and oxygen atoms in total. The highest BCUT2D eigenvalue weighted by Crippen LogP contribution is 2.33. The number of aryl methyl sites for hydroxylation is 1. The highest BCUT2D eigenvalue weighted by molar-refractivity contribution is 14.0. The maximum absolute atomic E-state index is 13.0. The van der Waals surface area contributed by atoms with Gasteiger partial charge in [-0.3, -0.25) is 4.99 Å². The van der Waals surface area contributed by atoms with Crippen molar-refractivity contribution >= 4 is 41.7 Å². The molecule has 1 aromatic carbocycles. The third kappa shape index (κ3) is 6.84. The van der Waals surface area contributed by atoms with E-state index in [1.807, 2.05) is 0 Å². The molecule has 3 rings (SSSR count). The number of halogens is 2. The summed E-state index contributed by atoms with van der Waals surface area (Å²) in [5.41, 5.74) is 1.01. The van der Waals surface area contributed by atoms with Crippen molar-refractivity contribution in [3.63, 3.8) is 0 Å². The van der Waals surface area contributed by atoms with Crippen molar-refractivity contribution in [3.05, 3.63) is 41.5 Å². The minimum Gasteiger partial charge on any atom is -0.356 e. The molecule has 1 aliphatic carbocycles. The Morgan fingerprint density at radius 2 is 1.93 bits per heavy atom. The zero-order valence-corrected chi connectivity index (χ0v) is 20.2. The number of nitrogens with zero attached hydrogens (tertiary/aromatic N) is 4. The first kappa shape index (κ1) is 23.9. The van der Waals surface area contributed by atoms with E-state index in [-0.39, 0.29) is 29.8 Å². The summed E-state index contributed by atoms with van der Waals surface area (Å²) in [6, 6.07) is 7.04. The van der Waals surface area contributed by atoms with Crippen LogP contribution >= 0.6 is 35.7 Å². The molecule has 0 bridgehead atoms. The second kappa shape index (κ2) is 12.4. The summed E-state index contributed by atoms with van der Waals surface area (Å²) in [6.07, 6.45) is 8.98. The molecule has 160 valence electrons. The van der Waals surface area contributed by atoms with Crippen molar-refractivity contribution in [2.75, 3.05) is 19.8 Å². The number of hydrogen-bond acceptors (Lipinski definition) is 4. The van der Waals surface area contributed by atoms with Gasteiger partial charge in [0.1, 0.15) is 11.6 Å². The van der Waals surface area contributed by atoms with Crippen LogP contribution in [0.3, 0.4) is 0 Å². The van der Waals surface area contributed by atoms with Crippen LogP contribution in [0.5, 0.6) is 0 Å². The average molecular weight is 532 g/mol. The summed E-state index contributed by atoms with van der Waals surface area (Å²) >= 11 is 1.68. The molecule has 2 N–H and O–H groups in total. The molecule has 0 saturated heterocycles. The van der Waals surface area contributed by atoms with E-state index in [1.54, 1.807) is 30.9 Å². The van der Waals surface area contributed by atoms with Gasteiger partial charge in [0, 0.05) is 32.6 Å². The molecule has 1 saturated carbocycles. The summed E-state index contributed by atoms with van der Waals surface area (Å²) in [5, 5.41) is 16.4. The molecule has 0 aliphatic heterocycles. The Labute approximate surface area is 193 Å². The lowest BCUT2D eigenvalue weighted by Gasteiger charge is -2.16. The van der Waals surface area contributed by atoms with Crippen LogP contribution in [0.15, 0.2) is 34.4 Å². The minimum atomic E-state index is -0.221. The summed E-state index contributed by atoms with van der Waals surface area (Å²) in [4.78, 5) is 4.25. The van der Waals surface area contributed by atoms with Gasteiger partial charge in [-0.2, -0.15) is 0 Å². The fourth-order valence-electron chi connectivity index (χ4n) is 3.61. The van der Waals surface area contributed by atoms with Crippen LogP contribution < -0.4 is 10.6 Å². The standard InChI is InChI=1S/C20H29FN6S.HI/c1-22-19(24-14-15-9-11-16(21)12-10-15)23-13-5-8-18-25-26-20(28-2)27(18)17-6-3-4-7-17;/h9-12,17H,3-8,13-14H2,1-2H3,(H2,22,23,24);1H. The van der Waals surface area contributed by atoms with E-state index in [1.165, 1.54) is 37.8 Å². The van der Waals surface area contributed by atoms with Crippen molar-refractivity contribution in [2.45, 2.75) is 56.3 Å². The number of benzene rings is 1. The van der Waals surface area contributed by atoms with Crippen molar-refractivity contribution in [1.29, 1.82) is 0 Å². The molecule has 1 aromatic heterocycles. The third-order valence-electron chi connectivity index (χ3n) is 5.07. The van der Waals surface area contributed by atoms with Crippen LogP contribution in [0.2, 0.25) is 0 Å². The maximum Gasteiger partial charge on any atom is 0.191 e. The van der Waals surface area contributed by atoms with E-state index in [9.17, 15) is 4.39 Å². The van der Waals surface area contributed by atoms with Crippen molar-refractivity contribution in [3.8, 4) is 0 Å². The number of aliphatic imine (C=N–C) groups is 1. The Bertz CT molecular complexity index is 774. The Morgan fingerprint density at radius 1 is 1.21 bits per heavy atom. The van der Waals surface area contributed by atoms with Gasteiger partial charge >= 0.3 is 0 Å². The number of thioether (sulfide) groups is 1. The predicted molar refractivity (Wildman–Crippen MR) is 128 cm³/mol. The first-order chi connectivity index (χ1) is 13.7. The molecule has 1 fully saturated rings. The fraction of sp³-hybridized carbons (Fsp3) is 0.550. The van der Waals surface area contributed by atoms with Gasteiger partial charge in [0.05, 0.1) is 0 Å². The van der Waals surface area contributed by atoms with Crippen LogP contribution in [-0.2, 0) is 13.0 Å². The Morgan fingerprint density at radius 3 is 2.59 bits per heavy atom. The van der Waals surface area contributed by atoms with Gasteiger partial charge in [0.2, 0.25) is 0 Å². The second-order valence-corrected chi connectivity index (χ2v) is 7.77. The molecule has 0 radical (unpaired) electrons. The van der Waals surface area contributed by atoms with Gasteiger partial charge in [-0.05, 0) is 43.2 Å². The highest BCUT2D eigenvalue weighted by Gasteiger charge is 2.23. The van der Waals surface area contributed by atoms with E-state index in [0.717, 1.165) is 41.9 Å². The molecule has 1 aliphatic rings.